The number of nitrogens with zero attached hydrogens (tertiary/aromatic N) is 4. The summed E-state index contributed by atoms with van der Waals surface area (Å²) in [5, 5.41) is 23.8. The van der Waals surface area contributed by atoms with Crippen LogP contribution in [0.4, 0.5) is 11.6 Å². The minimum Gasteiger partial charge on any atom is -1.00 e. The van der Waals surface area contributed by atoms with Crippen molar-refractivity contribution < 1.29 is 80.8 Å². The first-order valence-corrected chi connectivity index (χ1v) is 22.2. The zero-order valence-corrected chi connectivity index (χ0v) is 44.5. The van der Waals surface area contributed by atoms with Crippen molar-refractivity contribution in [2.75, 3.05) is 58.1 Å². The number of carbonyl (C=O) groups excluding carboxylic acids is 3. The molecule has 11 N–H and O–H groups in total. The first-order chi connectivity index (χ1) is 29.2. The van der Waals surface area contributed by atoms with E-state index >= 15 is 0 Å². The summed E-state index contributed by atoms with van der Waals surface area (Å²) in [4.78, 5) is 50.3. The van der Waals surface area contributed by atoms with Gasteiger partial charge in [-0.25, -0.2) is 9.97 Å². The van der Waals surface area contributed by atoms with Gasteiger partial charge in [-0.15, -0.1) is 70.7 Å². The number of aryl methyl sites for hydroxylation is 2. The molecule has 4 aromatic heterocycles. The van der Waals surface area contributed by atoms with E-state index < -0.39 is 5.38 Å². The third-order valence-corrected chi connectivity index (χ3v) is 10.0. The number of nitrogens with one attached hydrogen (secondary N) is 1. The zero-order valence-electron chi connectivity index (χ0n) is 38.1. The summed E-state index contributed by atoms with van der Waals surface area (Å²) in [6.07, 6.45) is 8.22. The number of aliphatic hydroxyl groups is 3. The topological polar surface area (TPSA) is 294 Å². The molecule has 1 saturated heterocycles. The van der Waals surface area contributed by atoms with Crippen LogP contribution >= 0.6 is 82.9 Å². The molecule has 17 nitrogen and oxygen atoms in total. The summed E-state index contributed by atoms with van der Waals surface area (Å²) in [5.74, 6) is 1.73. The fourth-order valence-corrected chi connectivity index (χ4v) is 6.36. The number of esters is 2. The van der Waals surface area contributed by atoms with E-state index in [1.165, 1.54) is 26.8 Å². The van der Waals surface area contributed by atoms with Gasteiger partial charge in [0.05, 0.1) is 54.1 Å². The van der Waals surface area contributed by atoms with Crippen LogP contribution in [0, 0.1) is 19.8 Å². The Morgan fingerprint density at radius 3 is 1.77 bits per heavy atom. The number of nitrogens with two attached hydrogens (primary N) is 3. The molecule has 66 heavy (non-hydrogen) atoms. The molecule has 1 fully saturated rings. The average molecular weight is 1080 g/mol. The van der Waals surface area contributed by atoms with Gasteiger partial charge >= 0.3 is 30.8 Å². The number of hydrogen-bond acceptors (Lipinski definition) is 18. The molecule has 0 bridgehead atoms. The zero-order chi connectivity index (χ0) is 46.4. The number of alkyl halides is 2. The van der Waals surface area contributed by atoms with Gasteiger partial charge in [0.15, 0.2) is 0 Å². The number of likely N-dealkylation sites (tertiary alicyclic amines) is 1. The van der Waals surface area contributed by atoms with Crippen molar-refractivity contribution in [2.45, 2.75) is 77.6 Å². The molecule has 3 unspecified atom stereocenters. The van der Waals surface area contributed by atoms with E-state index in [1.54, 1.807) is 51.0 Å². The molecule has 26 heteroatoms. The smallest absolute Gasteiger partial charge is 1.00 e. The second-order valence-electron chi connectivity index (χ2n) is 12.6. The first-order valence-electron chi connectivity index (χ1n) is 19.0. The Bertz CT molecular complexity index is 1740. The Morgan fingerprint density at radius 1 is 0.909 bits per heavy atom. The maximum Gasteiger partial charge on any atom is 1.00 e. The maximum atomic E-state index is 10.3. The quantitative estimate of drug-likeness (QED) is 0.0244. The van der Waals surface area contributed by atoms with Crippen LogP contribution in [-0.2, 0) is 49.1 Å². The second kappa shape index (κ2) is 51.9. The predicted octanol–water partition coefficient (Wildman–Crippen LogP) is -1.67. The van der Waals surface area contributed by atoms with Crippen molar-refractivity contribution >= 4 is 118 Å². The van der Waals surface area contributed by atoms with Crippen LogP contribution in [0.1, 0.15) is 65.4 Å². The Kier molecular flexibility index (Phi) is 61.1. The Labute approximate surface area is 443 Å². The molecule has 4 aromatic rings. The maximum absolute atomic E-state index is 10.3. The molecule has 5 heterocycles. The van der Waals surface area contributed by atoms with Crippen molar-refractivity contribution in [2.24, 2.45) is 11.7 Å². The number of thiocarbonyl (C=S) groups is 1. The van der Waals surface area contributed by atoms with Crippen molar-refractivity contribution in [3.63, 3.8) is 0 Å². The van der Waals surface area contributed by atoms with Gasteiger partial charge in [0, 0.05) is 110 Å². The van der Waals surface area contributed by atoms with E-state index in [9.17, 15) is 14.4 Å². The molecule has 0 amide bonds. The van der Waals surface area contributed by atoms with E-state index in [4.69, 9.17) is 54.7 Å². The van der Waals surface area contributed by atoms with Crippen LogP contribution in [0.2, 0.25) is 0 Å². The Balaban J connectivity index is -0.000000129. The molecule has 1 aliphatic heterocycles. The average Bonchev–Trinajstić information content (AvgIpc) is 4.03. The number of quaternary nitrogens is 1. The normalized spacial score (nSPS) is 12.6. The molecule has 0 spiro atoms. The number of pyridine rings is 2. The van der Waals surface area contributed by atoms with Gasteiger partial charge in [0.25, 0.3) is 0 Å². The second-order valence-corrected chi connectivity index (χ2v) is 15.6. The summed E-state index contributed by atoms with van der Waals surface area (Å²) < 4.78 is 9.29. The van der Waals surface area contributed by atoms with Crippen molar-refractivity contribution in [3.05, 3.63) is 79.9 Å². The van der Waals surface area contributed by atoms with E-state index in [1.807, 2.05) is 32.0 Å². The number of aldehydes is 1. The molecule has 1 aliphatic rings. The van der Waals surface area contributed by atoms with Crippen LogP contribution in [0.25, 0.3) is 0 Å². The van der Waals surface area contributed by atoms with E-state index in [-0.39, 0.29) is 86.7 Å². The van der Waals surface area contributed by atoms with Crippen molar-refractivity contribution in [1.82, 2.24) is 19.9 Å². The molecule has 0 radical (unpaired) electrons. The van der Waals surface area contributed by atoms with Gasteiger partial charge in [0.1, 0.15) is 24.5 Å². The summed E-state index contributed by atoms with van der Waals surface area (Å²) in [7, 11) is 1.00. The first kappa shape index (κ1) is 77.7. The third kappa shape index (κ3) is 42.8. The van der Waals surface area contributed by atoms with Crippen molar-refractivity contribution in [1.29, 1.82) is 0 Å². The predicted molar refractivity (Wildman–Crippen MR) is 265 cm³/mol. The number of ether oxygens (including phenoxy) is 2. The number of nitrogen functional groups attached to an aromatic ring is 2. The minimum absolute atomic E-state index is 0. The van der Waals surface area contributed by atoms with Crippen LogP contribution in [0.5, 0.6) is 0 Å². The van der Waals surface area contributed by atoms with Gasteiger partial charge in [-0.1, -0.05) is 18.3 Å². The largest absolute Gasteiger partial charge is 1.00 e. The van der Waals surface area contributed by atoms with Crippen LogP contribution in [0.15, 0.2) is 47.7 Å². The number of aliphatic hydroxyl groups excluding tert-OH is 3. The number of halogens is 5. The SMILES string of the molecule is CC(=O)OCCC(Cl)C=O.CC(=O)OCCc1cncs1.CO.Cc1ccc(CCl)c(N)n1.Cc1ccc(C[NH+]2CCC(CCO)C2)c(N)n1.Cl.Cl.NC=S.OCCc1cncs1.[Cl-].[Li+].[OH-]. The van der Waals surface area contributed by atoms with Crippen LogP contribution in [0.3, 0.4) is 0 Å². The monoisotopic (exact) mass is 1080 g/mol. The van der Waals surface area contributed by atoms with Gasteiger partial charge in [-0.2, -0.15) is 0 Å². The summed E-state index contributed by atoms with van der Waals surface area (Å²) >= 11 is 18.1. The van der Waals surface area contributed by atoms with Gasteiger partial charge in [-0.05, 0) is 38.5 Å². The van der Waals surface area contributed by atoms with E-state index in [2.05, 4.69) is 48.7 Å². The Morgan fingerprint density at radius 2 is 1.38 bits per heavy atom. The number of aromatic nitrogens is 4. The number of thiazole rings is 2. The molecule has 3 atom stereocenters. The van der Waals surface area contributed by atoms with Crippen LogP contribution in [-0.4, -0.2) is 116 Å². The minimum atomic E-state index is -0.542. The van der Waals surface area contributed by atoms with E-state index in [0.717, 1.165) is 77.2 Å². The third-order valence-electron chi connectivity index (χ3n) is 7.73. The number of carbonyl (C=O) groups is 3. The van der Waals surface area contributed by atoms with Gasteiger partial charge < -0.3 is 69.6 Å². The number of anilines is 2. The fourth-order valence-electron chi connectivity index (χ4n) is 4.87. The molecule has 0 aromatic carbocycles. The Hall–Kier alpha value is -2.49. The number of hydrogen-bond donors (Lipinski definition) is 7. The number of rotatable bonds is 14. The van der Waals surface area contributed by atoms with Gasteiger partial charge in [-0.3, -0.25) is 19.6 Å². The summed E-state index contributed by atoms with van der Waals surface area (Å²) in [6.45, 7) is 11.1. The van der Waals surface area contributed by atoms with E-state index in [0.29, 0.717) is 49.4 Å². The molecular weight excluding hydrogens is 1020 g/mol. The summed E-state index contributed by atoms with van der Waals surface area (Å²) in [6, 6.07) is 7.90. The molecular formula is C40H66Cl5LiN8O9S3. The molecule has 0 saturated carbocycles. The molecule has 0 aliphatic carbocycles. The van der Waals surface area contributed by atoms with Crippen molar-refractivity contribution in [3.8, 4) is 0 Å². The van der Waals surface area contributed by atoms with Gasteiger partial charge in [0.2, 0.25) is 0 Å². The molecule has 5 rings (SSSR count). The standard InChI is InChI=1S/C13H21N3O.C7H9ClN2.C7H9NO2S.C6H9ClO3.C5H7NOS.CH3NS.CH4O.3ClH.Li.H2O/c1-10-2-3-12(13(14)15-10)9-16-6-4-11(8-16)5-7-17;1-5-2-3-6(4-8)7(9)10-5;1-6(9)10-3-2-7-4-8-5-11-7;1-5(9)10-3-2-6(7)4-8;7-2-1-5-3-6-4-8-5;2-1-3;1-2;;;;;/h2-3,11,17H,4-9H2,1H3,(H2,14,15);2-3H,4H2,1H3,(H2,9,10);4-5H,2-3H2,1H3;4,6H,2-3H2,1H3;3-4,7H,1-2H2;1H,(H2,2,3);2H,1H3;3*1H;;1H2/q;;;;;;;;;;+1;/p-1. The summed E-state index contributed by atoms with van der Waals surface area (Å²) in [5.41, 5.74) is 24.6. The fraction of sp³-hybridized carbons (Fsp3) is 0.500. The van der Waals surface area contributed by atoms with Crippen LogP contribution < -0.4 is 53.4 Å². The molecule has 374 valence electrons.